The standard InChI is InChI=1S/C16H18F3N3O5S/c1-15(2,3)27-14(24)21-28(25,26)20-9-5-6-10-11(7-9)22(4)13(8-12(10)23)16(17,18)19/h5-8,20H,1-4H3,(H,21,24). The number of anilines is 1. The topological polar surface area (TPSA) is 107 Å². The first-order valence-electron chi connectivity index (χ1n) is 7.83. The molecule has 0 radical (unpaired) electrons. The van der Waals surface area contributed by atoms with Gasteiger partial charge in [-0.1, -0.05) is 0 Å². The third kappa shape index (κ3) is 5.15. The Hall–Kier alpha value is -2.76. The molecule has 1 amide bonds. The number of nitrogens with one attached hydrogen (secondary N) is 2. The Morgan fingerprint density at radius 3 is 2.29 bits per heavy atom. The molecule has 0 spiro atoms. The van der Waals surface area contributed by atoms with Gasteiger partial charge in [0.2, 0.25) is 0 Å². The van der Waals surface area contributed by atoms with Gasteiger partial charge in [0.25, 0.3) is 0 Å². The zero-order valence-electron chi connectivity index (χ0n) is 15.3. The van der Waals surface area contributed by atoms with Crippen molar-refractivity contribution in [2.24, 2.45) is 7.05 Å². The van der Waals surface area contributed by atoms with Gasteiger partial charge < -0.3 is 9.30 Å². The number of amides is 1. The van der Waals surface area contributed by atoms with Crippen LogP contribution >= 0.6 is 0 Å². The second-order valence-electron chi connectivity index (χ2n) is 6.89. The molecule has 2 rings (SSSR count). The number of rotatable bonds is 3. The van der Waals surface area contributed by atoms with Crippen LogP contribution < -0.4 is 14.9 Å². The summed E-state index contributed by atoms with van der Waals surface area (Å²) in [5, 5.41) is -0.0291. The maximum atomic E-state index is 13.1. The zero-order chi connectivity index (χ0) is 21.5. The Labute approximate surface area is 158 Å². The largest absolute Gasteiger partial charge is 0.443 e. The van der Waals surface area contributed by atoms with Crippen molar-refractivity contribution in [2.75, 3.05) is 4.72 Å². The van der Waals surface area contributed by atoms with Crippen molar-refractivity contribution in [3.8, 4) is 0 Å². The third-order valence-electron chi connectivity index (χ3n) is 3.41. The van der Waals surface area contributed by atoms with Gasteiger partial charge in [-0.15, -0.1) is 0 Å². The van der Waals surface area contributed by atoms with E-state index in [0.29, 0.717) is 6.07 Å². The van der Waals surface area contributed by atoms with E-state index < -0.39 is 39.2 Å². The lowest BCUT2D eigenvalue weighted by atomic mass is 10.1. The molecule has 0 bridgehead atoms. The van der Waals surface area contributed by atoms with Gasteiger partial charge in [-0.05, 0) is 39.0 Å². The maximum absolute atomic E-state index is 13.1. The van der Waals surface area contributed by atoms with Crippen LogP contribution in [-0.2, 0) is 28.2 Å². The monoisotopic (exact) mass is 421 g/mol. The highest BCUT2D eigenvalue weighted by Gasteiger charge is 2.34. The van der Waals surface area contributed by atoms with Crippen LogP contribution in [0.25, 0.3) is 10.9 Å². The number of ether oxygens (including phenoxy) is 1. The average Bonchev–Trinajstić information content (AvgIpc) is 2.46. The van der Waals surface area contributed by atoms with Gasteiger partial charge in [0.1, 0.15) is 11.3 Å². The number of fused-ring (bicyclic) bond motifs is 1. The molecule has 2 N–H and O–H groups in total. The molecule has 0 saturated carbocycles. The smallest absolute Gasteiger partial charge is 0.431 e. The SMILES string of the molecule is Cn1c(C(F)(F)F)cc(=O)c2ccc(NS(=O)(=O)NC(=O)OC(C)(C)C)cc21. The van der Waals surface area contributed by atoms with E-state index in [1.165, 1.54) is 32.9 Å². The minimum absolute atomic E-state index is 0.0291. The molecule has 12 heteroatoms. The lowest BCUT2D eigenvalue weighted by Gasteiger charge is -2.20. The predicted octanol–water partition coefficient (Wildman–Crippen LogP) is 2.74. The molecule has 0 aliphatic carbocycles. The van der Waals surface area contributed by atoms with Gasteiger partial charge in [0, 0.05) is 18.5 Å². The van der Waals surface area contributed by atoms with Crippen LogP contribution in [0.5, 0.6) is 0 Å². The zero-order valence-corrected chi connectivity index (χ0v) is 16.2. The number of benzene rings is 1. The molecule has 2 aromatic rings. The molecule has 28 heavy (non-hydrogen) atoms. The van der Waals surface area contributed by atoms with Gasteiger partial charge in [0.15, 0.2) is 5.43 Å². The highest BCUT2D eigenvalue weighted by molar-refractivity contribution is 7.91. The maximum Gasteiger partial charge on any atom is 0.431 e. The molecule has 1 heterocycles. The van der Waals surface area contributed by atoms with Crippen molar-refractivity contribution in [3.05, 3.63) is 40.2 Å². The van der Waals surface area contributed by atoms with Gasteiger partial charge in [-0.25, -0.2) is 9.52 Å². The minimum Gasteiger partial charge on any atom is -0.443 e. The molecular weight excluding hydrogens is 403 g/mol. The first-order chi connectivity index (χ1) is 12.6. The third-order valence-corrected chi connectivity index (χ3v) is 4.35. The number of alkyl halides is 3. The van der Waals surface area contributed by atoms with Crippen molar-refractivity contribution < 1.29 is 31.1 Å². The van der Waals surface area contributed by atoms with Crippen molar-refractivity contribution >= 4 is 32.9 Å². The summed E-state index contributed by atoms with van der Waals surface area (Å²) < 4.78 is 72.5. The van der Waals surface area contributed by atoms with Gasteiger partial charge >= 0.3 is 22.5 Å². The molecular formula is C16H18F3N3O5S. The molecule has 0 aliphatic rings. The highest BCUT2D eigenvalue weighted by atomic mass is 32.2. The van der Waals surface area contributed by atoms with Crippen molar-refractivity contribution in [3.63, 3.8) is 0 Å². The number of pyridine rings is 1. The van der Waals surface area contributed by atoms with E-state index >= 15 is 0 Å². The van der Waals surface area contributed by atoms with Crippen LogP contribution in [0, 0.1) is 0 Å². The summed E-state index contributed by atoms with van der Waals surface area (Å²) in [6.45, 7) is 4.61. The van der Waals surface area contributed by atoms with Crippen LogP contribution in [0.15, 0.2) is 29.1 Å². The fourth-order valence-corrected chi connectivity index (χ4v) is 3.12. The van der Waals surface area contributed by atoms with Crippen LogP contribution in [0.3, 0.4) is 0 Å². The van der Waals surface area contributed by atoms with Crippen LogP contribution in [0.2, 0.25) is 0 Å². The molecule has 0 aliphatic heterocycles. The number of aryl methyl sites for hydroxylation is 1. The Morgan fingerprint density at radius 1 is 1.14 bits per heavy atom. The summed E-state index contributed by atoms with van der Waals surface area (Å²) >= 11 is 0. The number of halogens is 3. The van der Waals surface area contributed by atoms with E-state index in [1.807, 2.05) is 4.72 Å². The number of hydrogen-bond donors (Lipinski definition) is 2. The Kier molecular flexibility index (Phi) is 5.39. The Balaban J connectivity index is 2.40. The molecule has 0 atom stereocenters. The average molecular weight is 421 g/mol. The summed E-state index contributed by atoms with van der Waals surface area (Å²) in [4.78, 5) is 23.6. The van der Waals surface area contributed by atoms with Crippen molar-refractivity contribution in [2.45, 2.75) is 32.5 Å². The summed E-state index contributed by atoms with van der Waals surface area (Å²) in [5.41, 5.74) is -3.27. The van der Waals surface area contributed by atoms with Crippen LogP contribution in [-0.4, -0.2) is 24.7 Å². The van der Waals surface area contributed by atoms with E-state index in [4.69, 9.17) is 4.74 Å². The fourth-order valence-electron chi connectivity index (χ4n) is 2.37. The van der Waals surface area contributed by atoms with Crippen molar-refractivity contribution in [1.82, 2.24) is 9.29 Å². The lowest BCUT2D eigenvalue weighted by Crippen LogP contribution is -2.39. The number of aromatic nitrogens is 1. The number of carbonyl (C=O) groups is 1. The van der Waals surface area contributed by atoms with Crippen LogP contribution in [0.1, 0.15) is 26.5 Å². The minimum atomic E-state index is -4.77. The van der Waals surface area contributed by atoms with Crippen molar-refractivity contribution in [1.29, 1.82) is 0 Å². The normalized spacial score (nSPS) is 12.7. The van der Waals surface area contributed by atoms with Gasteiger partial charge in [-0.3, -0.25) is 9.52 Å². The summed E-state index contributed by atoms with van der Waals surface area (Å²) in [6, 6.07) is 3.89. The first-order valence-corrected chi connectivity index (χ1v) is 9.32. The first kappa shape index (κ1) is 21.5. The van der Waals surface area contributed by atoms with E-state index in [2.05, 4.69) is 0 Å². The lowest BCUT2D eigenvalue weighted by molar-refractivity contribution is -0.143. The molecule has 154 valence electrons. The number of carbonyl (C=O) groups excluding carboxylic acids is 1. The van der Waals surface area contributed by atoms with E-state index in [1.54, 1.807) is 4.72 Å². The Bertz CT molecular complexity index is 1090. The predicted molar refractivity (Wildman–Crippen MR) is 96.1 cm³/mol. The molecule has 0 saturated heterocycles. The summed E-state index contributed by atoms with van der Waals surface area (Å²) in [6.07, 6.45) is -6.00. The quantitative estimate of drug-likeness (QED) is 0.793. The second kappa shape index (κ2) is 7.00. The number of nitrogens with zero attached hydrogens (tertiary/aromatic N) is 1. The number of hydrogen-bond acceptors (Lipinski definition) is 5. The molecule has 1 aromatic carbocycles. The molecule has 8 nitrogen and oxygen atoms in total. The highest BCUT2D eigenvalue weighted by Crippen LogP contribution is 2.30. The second-order valence-corrected chi connectivity index (χ2v) is 8.31. The summed E-state index contributed by atoms with van der Waals surface area (Å²) in [5.74, 6) is 0. The van der Waals surface area contributed by atoms with E-state index in [9.17, 15) is 31.2 Å². The fraction of sp³-hybridized carbons (Fsp3) is 0.375. The van der Waals surface area contributed by atoms with Crippen LogP contribution in [0.4, 0.5) is 23.7 Å². The molecule has 0 fully saturated rings. The van der Waals surface area contributed by atoms with Gasteiger partial charge in [0.05, 0.1) is 11.2 Å². The molecule has 1 aromatic heterocycles. The summed E-state index contributed by atoms with van der Waals surface area (Å²) in [7, 11) is -3.32. The Morgan fingerprint density at radius 2 is 1.75 bits per heavy atom. The van der Waals surface area contributed by atoms with E-state index in [-0.39, 0.29) is 16.6 Å². The van der Waals surface area contributed by atoms with Gasteiger partial charge in [-0.2, -0.15) is 21.6 Å². The van der Waals surface area contributed by atoms with E-state index in [0.717, 1.165) is 17.7 Å². The molecule has 0 unspecified atom stereocenters.